The Hall–Kier alpha value is -2.46. The molecule has 0 saturated heterocycles. The average molecular weight is 338 g/mol. The normalized spacial score (nSPS) is 12.0. The van der Waals surface area contributed by atoms with Crippen LogP contribution in [-0.2, 0) is 4.79 Å². The molecule has 0 saturated carbocycles. The van der Waals surface area contributed by atoms with Crippen molar-refractivity contribution >= 4 is 11.7 Å². The molecule has 0 bridgehead atoms. The number of benzene rings is 2. The molecular formula is C21H26N2O2. The molecule has 2 aromatic rings. The number of nitrogens with one attached hydrogen (secondary N) is 1. The van der Waals surface area contributed by atoms with Crippen molar-refractivity contribution < 1.29 is 9.59 Å². The first-order chi connectivity index (χ1) is 12.0. The van der Waals surface area contributed by atoms with Crippen molar-refractivity contribution in [3.05, 3.63) is 71.3 Å². The monoisotopic (exact) mass is 338 g/mol. The van der Waals surface area contributed by atoms with Gasteiger partial charge in [0.05, 0.1) is 5.92 Å². The van der Waals surface area contributed by atoms with Gasteiger partial charge in [0, 0.05) is 17.7 Å². The summed E-state index contributed by atoms with van der Waals surface area (Å²) in [7, 11) is 4.02. The summed E-state index contributed by atoms with van der Waals surface area (Å²) < 4.78 is 0. The molecule has 0 aliphatic heterocycles. The van der Waals surface area contributed by atoms with Crippen molar-refractivity contribution in [1.29, 1.82) is 0 Å². The third kappa shape index (κ3) is 5.26. The Balaban J connectivity index is 2.11. The molecular weight excluding hydrogens is 312 g/mol. The lowest BCUT2D eigenvalue weighted by atomic mass is 9.90. The molecule has 1 atom stereocenters. The fraction of sp³-hybridized carbons (Fsp3) is 0.333. The van der Waals surface area contributed by atoms with Crippen LogP contribution in [0.1, 0.15) is 40.7 Å². The third-order valence-electron chi connectivity index (χ3n) is 4.18. The number of rotatable bonds is 8. The lowest BCUT2D eigenvalue weighted by Gasteiger charge is -2.16. The van der Waals surface area contributed by atoms with Gasteiger partial charge >= 0.3 is 0 Å². The van der Waals surface area contributed by atoms with Crippen LogP contribution in [0.15, 0.2) is 54.6 Å². The number of hydrogen-bond acceptors (Lipinski definition) is 3. The second-order valence-corrected chi connectivity index (χ2v) is 6.45. The molecule has 1 N–H and O–H groups in total. The van der Waals surface area contributed by atoms with E-state index >= 15 is 0 Å². The first kappa shape index (κ1) is 18.9. The van der Waals surface area contributed by atoms with Crippen molar-refractivity contribution in [2.75, 3.05) is 27.2 Å². The van der Waals surface area contributed by atoms with Crippen molar-refractivity contribution in [3.63, 3.8) is 0 Å². The fourth-order valence-electron chi connectivity index (χ4n) is 2.73. The molecule has 0 aromatic heterocycles. The van der Waals surface area contributed by atoms with Crippen molar-refractivity contribution in [2.24, 2.45) is 0 Å². The minimum Gasteiger partial charge on any atom is -0.356 e. The topological polar surface area (TPSA) is 49.4 Å². The van der Waals surface area contributed by atoms with E-state index < -0.39 is 0 Å². The van der Waals surface area contributed by atoms with Gasteiger partial charge in [0.1, 0.15) is 0 Å². The molecule has 1 amide bonds. The molecule has 1 unspecified atom stereocenters. The Morgan fingerprint density at radius 1 is 1.00 bits per heavy atom. The molecule has 0 radical (unpaired) electrons. The van der Waals surface area contributed by atoms with Crippen LogP contribution in [0.3, 0.4) is 0 Å². The molecule has 2 aromatic carbocycles. The fourth-order valence-corrected chi connectivity index (χ4v) is 2.73. The van der Waals surface area contributed by atoms with E-state index in [9.17, 15) is 9.59 Å². The maximum absolute atomic E-state index is 12.8. The Morgan fingerprint density at radius 2 is 1.64 bits per heavy atom. The van der Waals surface area contributed by atoms with Crippen LogP contribution in [0, 0.1) is 0 Å². The van der Waals surface area contributed by atoms with Crippen LogP contribution in [-0.4, -0.2) is 43.8 Å². The zero-order valence-electron chi connectivity index (χ0n) is 15.2. The highest BCUT2D eigenvalue weighted by atomic mass is 16.2. The smallest absolute Gasteiger partial charge is 0.227 e. The molecule has 4 heteroatoms. The summed E-state index contributed by atoms with van der Waals surface area (Å²) in [5.41, 5.74) is 1.99. The van der Waals surface area contributed by atoms with Crippen LogP contribution in [0.25, 0.3) is 0 Å². The summed E-state index contributed by atoms with van der Waals surface area (Å²) >= 11 is 0. The van der Waals surface area contributed by atoms with Gasteiger partial charge in [-0.15, -0.1) is 0 Å². The Morgan fingerprint density at radius 3 is 2.32 bits per heavy atom. The van der Waals surface area contributed by atoms with Gasteiger partial charge in [-0.1, -0.05) is 54.6 Å². The number of nitrogens with zero attached hydrogens (tertiary/aromatic N) is 1. The molecule has 2 rings (SSSR count). The van der Waals surface area contributed by atoms with Gasteiger partial charge in [0.25, 0.3) is 0 Å². The number of hydrogen-bond donors (Lipinski definition) is 1. The van der Waals surface area contributed by atoms with Gasteiger partial charge < -0.3 is 10.2 Å². The highest BCUT2D eigenvalue weighted by Gasteiger charge is 2.21. The first-order valence-corrected chi connectivity index (χ1v) is 8.62. The van der Waals surface area contributed by atoms with Crippen LogP contribution < -0.4 is 5.32 Å². The Kier molecular flexibility index (Phi) is 6.90. The van der Waals surface area contributed by atoms with Crippen LogP contribution in [0.5, 0.6) is 0 Å². The van der Waals surface area contributed by atoms with E-state index in [1.807, 2.05) is 57.4 Å². The molecule has 25 heavy (non-hydrogen) atoms. The van der Waals surface area contributed by atoms with Crippen LogP contribution >= 0.6 is 0 Å². The second kappa shape index (κ2) is 9.14. The van der Waals surface area contributed by atoms with E-state index in [-0.39, 0.29) is 17.6 Å². The van der Waals surface area contributed by atoms with Gasteiger partial charge in [-0.3, -0.25) is 9.59 Å². The Labute approximate surface area is 149 Å². The molecule has 4 nitrogen and oxygen atoms in total. The van der Waals surface area contributed by atoms with E-state index in [0.717, 1.165) is 18.5 Å². The van der Waals surface area contributed by atoms with Gasteiger partial charge in [-0.05, 0) is 39.5 Å². The molecule has 0 spiro atoms. The highest BCUT2D eigenvalue weighted by molar-refractivity contribution is 6.10. The van der Waals surface area contributed by atoms with E-state index in [0.29, 0.717) is 17.7 Å². The summed E-state index contributed by atoms with van der Waals surface area (Å²) in [6, 6.07) is 16.5. The summed E-state index contributed by atoms with van der Waals surface area (Å²) in [6.45, 7) is 3.41. The van der Waals surface area contributed by atoms with Crippen molar-refractivity contribution in [3.8, 4) is 0 Å². The number of ketones is 1. The quantitative estimate of drug-likeness (QED) is 0.594. The van der Waals surface area contributed by atoms with E-state index in [1.165, 1.54) is 0 Å². The maximum atomic E-state index is 12.8. The molecule has 0 aliphatic rings. The zero-order valence-corrected chi connectivity index (χ0v) is 15.2. The largest absolute Gasteiger partial charge is 0.356 e. The van der Waals surface area contributed by atoms with Gasteiger partial charge in [-0.2, -0.15) is 0 Å². The van der Waals surface area contributed by atoms with Crippen LogP contribution in [0.4, 0.5) is 0 Å². The lowest BCUT2D eigenvalue weighted by Crippen LogP contribution is -2.31. The number of amides is 1. The van der Waals surface area contributed by atoms with Gasteiger partial charge in [0.2, 0.25) is 5.91 Å². The SMILES string of the molecule is CC(C(=O)NCCCN(C)C)c1ccccc1C(=O)c1ccccc1. The van der Waals surface area contributed by atoms with E-state index in [1.54, 1.807) is 18.2 Å². The maximum Gasteiger partial charge on any atom is 0.227 e. The average Bonchev–Trinajstić information content (AvgIpc) is 2.64. The third-order valence-corrected chi connectivity index (χ3v) is 4.18. The predicted molar refractivity (Wildman–Crippen MR) is 101 cm³/mol. The number of carbonyl (C=O) groups excluding carboxylic acids is 2. The molecule has 0 heterocycles. The second-order valence-electron chi connectivity index (χ2n) is 6.45. The summed E-state index contributed by atoms with van der Waals surface area (Å²) in [5, 5.41) is 2.97. The van der Waals surface area contributed by atoms with Gasteiger partial charge in [0.15, 0.2) is 5.78 Å². The Bertz CT molecular complexity index is 711. The summed E-state index contributed by atoms with van der Waals surface area (Å²) in [5.74, 6) is -0.473. The number of carbonyl (C=O) groups is 2. The van der Waals surface area contributed by atoms with Crippen molar-refractivity contribution in [2.45, 2.75) is 19.3 Å². The summed E-state index contributed by atoms with van der Waals surface area (Å²) in [6.07, 6.45) is 0.899. The molecule has 0 fully saturated rings. The van der Waals surface area contributed by atoms with Crippen LogP contribution in [0.2, 0.25) is 0 Å². The van der Waals surface area contributed by atoms with E-state index in [4.69, 9.17) is 0 Å². The molecule has 0 aliphatic carbocycles. The lowest BCUT2D eigenvalue weighted by molar-refractivity contribution is -0.122. The minimum absolute atomic E-state index is 0.0490. The predicted octanol–water partition coefficient (Wildman–Crippen LogP) is 3.09. The standard InChI is InChI=1S/C21H26N2O2/c1-16(21(25)22-14-9-15-23(2)3)18-12-7-8-13-19(18)20(24)17-10-5-4-6-11-17/h4-8,10-13,16H,9,14-15H2,1-3H3,(H,22,25). The summed E-state index contributed by atoms with van der Waals surface area (Å²) in [4.78, 5) is 27.3. The molecule has 132 valence electrons. The van der Waals surface area contributed by atoms with E-state index in [2.05, 4.69) is 10.2 Å². The zero-order chi connectivity index (χ0) is 18.2. The minimum atomic E-state index is -0.372. The van der Waals surface area contributed by atoms with Gasteiger partial charge in [-0.25, -0.2) is 0 Å². The van der Waals surface area contributed by atoms with Crippen molar-refractivity contribution in [1.82, 2.24) is 10.2 Å². The first-order valence-electron chi connectivity index (χ1n) is 8.62. The highest BCUT2D eigenvalue weighted by Crippen LogP contribution is 2.22.